The summed E-state index contributed by atoms with van der Waals surface area (Å²) in [5.41, 5.74) is 8.29. The molecule has 1 saturated heterocycles. The maximum Gasteiger partial charge on any atom is 0.133 e. The second-order valence-electron chi connectivity index (χ2n) is 6.80. The molecular weight excluding hydrogens is 234 g/mol. The molecule has 3 heteroatoms. The number of aromatic nitrogens is 1. The smallest absolute Gasteiger partial charge is 0.133 e. The van der Waals surface area contributed by atoms with Crippen molar-refractivity contribution in [2.45, 2.75) is 52.5 Å². The number of pyridine rings is 1. The Morgan fingerprint density at radius 1 is 1.26 bits per heavy atom. The van der Waals surface area contributed by atoms with Gasteiger partial charge in [0.05, 0.1) is 0 Å². The molecule has 1 aromatic rings. The lowest BCUT2D eigenvalue weighted by Crippen LogP contribution is -2.35. The average molecular weight is 261 g/mol. The second kappa shape index (κ2) is 5.49. The molecule has 0 atom stereocenters. The van der Waals surface area contributed by atoms with E-state index >= 15 is 0 Å². The van der Waals surface area contributed by atoms with Crippen LogP contribution in [-0.4, -0.2) is 18.1 Å². The van der Waals surface area contributed by atoms with Crippen LogP contribution in [0.25, 0.3) is 0 Å². The molecule has 1 aliphatic heterocycles. The molecule has 19 heavy (non-hydrogen) atoms. The lowest BCUT2D eigenvalue weighted by molar-refractivity contribution is 0.435. The molecular formula is C16H27N3. The Morgan fingerprint density at radius 2 is 1.89 bits per heavy atom. The van der Waals surface area contributed by atoms with Gasteiger partial charge in [0.25, 0.3) is 0 Å². The van der Waals surface area contributed by atoms with Crippen LogP contribution in [0.4, 0.5) is 5.82 Å². The first-order valence-corrected chi connectivity index (χ1v) is 7.37. The number of hydrogen-bond acceptors (Lipinski definition) is 3. The zero-order valence-electron chi connectivity index (χ0n) is 12.7. The summed E-state index contributed by atoms with van der Waals surface area (Å²) < 4.78 is 0. The summed E-state index contributed by atoms with van der Waals surface area (Å²) in [6.07, 6.45) is 2.51. The molecule has 2 N–H and O–H groups in total. The van der Waals surface area contributed by atoms with Gasteiger partial charge in [0.1, 0.15) is 5.82 Å². The van der Waals surface area contributed by atoms with Crippen LogP contribution in [-0.2, 0) is 12.0 Å². The maximum atomic E-state index is 5.88. The SMILES string of the molecule is CC1CCN(c2nc(C(C)(C)C)ccc2CN)CC1. The largest absolute Gasteiger partial charge is 0.356 e. The van der Waals surface area contributed by atoms with Crippen LogP contribution in [0.5, 0.6) is 0 Å². The zero-order chi connectivity index (χ0) is 14.0. The van der Waals surface area contributed by atoms with Crippen molar-refractivity contribution in [2.24, 2.45) is 11.7 Å². The minimum absolute atomic E-state index is 0.0883. The first-order valence-electron chi connectivity index (χ1n) is 7.37. The van der Waals surface area contributed by atoms with Crippen molar-refractivity contribution >= 4 is 5.82 Å². The minimum atomic E-state index is 0.0883. The third-order valence-electron chi connectivity index (χ3n) is 4.03. The number of anilines is 1. The first-order chi connectivity index (χ1) is 8.91. The van der Waals surface area contributed by atoms with E-state index in [4.69, 9.17) is 10.7 Å². The Balaban J connectivity index is 2.31. The van der Waals surface area contributed by atoms with Crippen molar-refractivity contribution in [2.75, 3.05) is 18.0 Å². The van der Waals surface area contributed by atoms with Gasteiger partial charge >= 0.3 is 0 Å². The number of piperidine rings is 1. The molecule has 0 bridgehead atoms. The molecule has 0 amide bonds. The highest BCUT2D eigenvalue weighted by Crippen LogP contribution is 2.28. The van der Waals surface area contributed by atoms with E-state index in [-0.39, 0.29) is 5.41 Å². The first kappa shape index (κ1) is 14.3. The fourth-order valence-electron chi connectivity index (χ4n) is 2.55. The molecule has 0 saturated carbocycles. The molecule has 0 aromatic carbocycles. The molecule has 1 aromatic heterocycles. The van der Waals surface area contributed by atoms with E-state index in [1.165, 1.54) is 18.4 Å². The lowest BCUT2D eigenvalue weighted by atomic mass is 9.91. The number of rotatable bonds is 2. The minimum Gasteiger partial charge on any atom is -0.356 e. The van der Waals surface area contributed by atoms with Gasteiger partial charge in [0, 0.05) is 36.3 Å². The Hall–Kier alpha value is -1.09. The van der Waals surface area contributed by atoms with E-state index in [0.717, 1.165) is 30.5 Å². The van der Waals surface area contributed by atoms with Crippen LogP contribution in [0.3, 0.4) is 0 Å². The fourth-order valence-corrected chi connectivity index (χ4v) is 2.55. The molecule has 106 valence electrons. The molecule has 2 heterocycles. The van der Waals surface area contributed by atoms with Gasteiger partial charge in [0.15, 0.2) is 0 Å². The van der Waals surface area contributed by atoms with Crippen molar-refractivity contribution in [1.82, 2.24) is 4.98 Å². The topological polar surface area (TPSA) is 42.2 Å². The third-order valence-corrected chi connectivity index (χ3v) is 4.03. The van der Waals surface area contributed by atoms with Crippen LogP contribution in [0, 0.1) is 5.92 Å². The lowest BCUT2D eigenvalue weighted by Gasteiger charge is -2.33. The van der Waals surface area contributed by atoms with Gasteiger partial charge in [-0.1, -0.05) is 33.8 Å². The van der Waals surface area contributed by atoms with E-state index in [1.807, 2.05) is 0 Å². The van der Waals surface area contributed by atoms with Gasteiger partial charge in [-0.2, -0.15) is 0 Å². The van der Waals surface area contributed by atoms with E-state index < -0.39 is 0 Å². The summed E-state index contributed by atoms with van der Waals surface area (Å²) in [5.74, 6) is 1.95. The van der Waals surface area contributed by atoms with Crippen LogP contribution in [0.15, 0.2) is 12.1 Å². The van der Waals surface area contributed by atoms with Gasteiger partial charge in [-0.15, -0.1) is 0 Å². The van der Waals surface area contributed by atoms with Crippen LogP contribution in [0.2, 0.25) is 0 Å². The predicted octanol–water partition coefficient (Wildman–Crippen LogP) is 3.07. The monoisotopic (exact) mass is 261 g/mol. The zero-order valence-corrected chi connectivity index (χ0v) is 12.7. The van der Waals surface area contributed by atoms with Gasteiger partial charge in [-0.05, 0) is 24.8 Å². The molecule has 0 spiro atoms. The van der Waals surface area contributed by atoms with Crippen LogP contribution < -0.4 is 10.6 Å². The van der Waals surface area contributed by atoms with E-state index in [2.05, 4.69) is 44.7 Å². The highest BCUT2D eigenvalue weighted by molar-refractivity contribution is 5.49. The average Bonchev–Trinajstić information content (AvgIpc) is 2.38. The normalized spacial score (nSPS) is 17.8. The second-order valence-corrected chi connectivity index (χ2v) is 6.80. The van der Waals surface area contributed by atoms with Crippen molar-refractivity contribution in [3.8, 4) is 0 Å². The molecule has 0 unspecified atom stereocenters. The molecule has 0 aliphatic carbocycles. The summed E-state index contributed by atoms with van der Waals surface area (Å²) in [7, 11) is 0. The standard InChI is InChI=1S/C16H27N3/c1-12-7-9-19(10-8-12)15-13(11-17)5-6-14(18-15)16(2,3)4/h5-6,12H,7-11,17H2,1-4H3. The molecule has 1 aliphatic rings. The summed E-state index contributed by atoms with van der Waals surface area (Å²) in [6.45, 7) is 11.7. The van der Waals surface area contributed by atoms with E-state index in [9.17, 15) is 0 Å². The predicted molar refractivity (Wildman–Crippen MR) is 81.4 cm³/mol. The van der Waals surface area contributed by atoms with Crippen molar-refractivity contribution in [1.29, 1.82) is 0 Å². The molecule has 1 fully saturated rings. The van der Waals surface area contributed by atoms with E-state index in [1.54, 1.807) is 0 Å². The number of hydrogen-bond donors (Lipinski definition) is 1. The van der Waals surface area contributed by atoms with E-state index in [0.29, 0.717) is 6.54 Å². The maximum absolute atomic E-state index is 5.88. The van der Waals surface area contributed by atoms with Crippen molar-refractivity contribution < 1.29 is 0 Å². The fraction of sp³-hybridized carbons (Fsp3) is 0.688. The Bertz CT molecular complexity index is 426. The summed E-state index contributed by atoms with van der Waals surface area (Å²) in [5, 5.41) is 0. The Morgan fingerprint density at radius 3 is 2.42 bits per heavy atom. The highest BCUT2D eigenvalue weighted by Gasteiger charge is 2.22. The quantitative estimate of drug-likeness (QED) is 0.889. The number of nitrogens with two attached hydrogens (primary N) is 1. The molecule has 3 nitrogen and oxygen atoms in total. The summed E-state index contributed by atoms with van der Waals surface area (Å²) in [6, 6.07) is 4.28. The summed E-state index contributed by atoms with van der Waals surface area (Å²) in [4.78, 5) is 7.32. The third kappa shape index (κ3) is 3.27. The summed E-state index contributed by atoms with van der Waals surface area (Å²) >= 11 is 0. The highest BCUT2D eigenvalue weighted by atomic mass is 15.2. The van der Waals surface area contributed by atoms with Gasteiger partial charge < -0.3 is 10.6 Å². The van der Waals surface area contributed by atoms with Gasteiger partial charge in [0.2, 0.25) is 0 Å². The number of nitrogens with zero attached hydrogens (tertiary/aromatic N) is 2. The van der Waals surface area contributed by atoms with Crippen molar-refractivity contribution in [3.05, 3.63) is 23.4 Å². The molecule has 2 rings (SSSR count). The van der Waals surface area contributed by atoms with Gasteiger partial charge in [-0.3, -0.25) is 0 Å². The van der Waals surface area contributed by atoms with Crippen LogP contribution in [0.1, 0.15) is 51.8 Å². The Labute approximate surface area is 117 Å². The van der Waals surface area contributed by atoms with Crippen LogP contribution >= 0.6 is 0 Å². The van der Waals surface area contributed by atoms with Gasteiger partial charge in [-0.25, -0.2) is 4.98 Å². The molecule has 0 radical (unpaired) electrons. The Kier molecular flexibility index (Phi) is 4.14. The van der Waals surface area contributed by atoms with Crippen molar-refractivity contribution in [3.63, 3.8) is 0 Å².